The molecule has 19 heavy (non-hydrogen) atoms. The van der Waals surface area contributed by atoms with E-state index in [4.69, 9.17) is 0 Å². The first-order valence-electron chi connectivity index (χ1n) is 6.08. The first-order valence-corrected chi connectivity index (χ1v) is 6.89. The number of nitrogens with one attached hydrogen (secondary N) is 1. The van der Waals surface area contributed by atoms with Crippen LogP contribution in [0.3, 0.4) is 0 Å². The van der Waals surface area contributed by atoms with Crippen molar-refractivity contribution in [2.45, 2.75) is 26.8 Å². The summed E-state index contributed by atoms with van der Waals surface area (Å²) >= 11 is 1.59. The van der Waals surface area contributed by atoms with Gasteiger partial charge in [-0.25, -0.2) is 9.37 Å². The second-order valence-electron chi connectivity index (χ2n) is 4.22. The van der Waals surface area contributed by atoms with Gasteiger partial charge in [0.2, 0.25) is 0 Å². The van der Waals surface area contributed by atoms with Crippen LogP contribution in [0.2, 0.25) is 0 Å². The van der Waals surface area contributed by atoms with Crippen LogP contribution in [0.1, 0.15) is 32.7 Å². The largest absolute Gasteiger partial charge is 0.346 e. The number of aromatic nitrogens is 1. The van der Waals surface area contributed by atoms with E-state index in [1.54, 1.807) is 18.3 Å². The molecule has 1 aromatic heterocycles. The minimum Gasteiger partial charge on any atom is -0.346 e. The minimum atomic E-state index is -0.332. The predicted octanol–water partition coefficient (Wildman–Crippen LogP) is 3.08. The number of rotatable bonds is 4. The molecule has 0 bridgehead atoms. The fraction of sp³-hybridized carbons (Fsp3) is 0.286. The number of nitrogens with zero attached hydrogens (tertiary/aromatic N) is 1. The quantitative estimate of drug-likeness (QED) is 0.933. The van der Waals surface area contributed by atoms with E-state index in [9.17, 15) is 9.18 Å². The van der Waals surface area contributed by atoms with E-state index in [-0.39, 0.29) is 11.7 Å². The second-order valence-corrected chi connectivity index (χ2v) is 5.42. The molecular weight excluding hydrogens is 263 g/mol. The maximum Gasteiger partial charge on any atom is 0.251 e. The zero-order valence-electron chi connectivity index (χ0n) is 10.9. The van der Waals surface area contributed by atoms with Gasteiger partial charge in [0, 0.05) is 16.6 Å². The highest BCUT2D eigenvalue weighted by Gasteiger charge is 2.10. The molecule has 1 aromatic carbocycles. The summed E-state index contributed by atoms with van der Waals surface area (Å²) < 4.78 is 13.0. The summed E-state index contributed by atoms with van der Waals surface area (Å²) in [5, 5.41) is 3.68. The third kappa shape index (κ3) is 3.38. The zero-order chi connectivity index (χ0) is 13.8. The summed E-state index contributed by atoms with van der Waals surface area (Å²) in [5.74, 6) is -0.535. The minimum absolute atomic E-state index is 0.203. The van der Waals surface area contributed by atoms with Crippen LogP contribution in [0.4, 0.5) is 4.39 Å². The SMILES string of the molecule is CCc1cnc(CNC(=O)c2ccc(F)cc2C)s1. The Balaban J connectivity index is 2.01. The molecule has 0 aliphatic carbocycles. The number of carbonyl (C=O) groups is 1. The molecule has 0 radical (unpaired) electrons. The second kappa shape index (κ2) is 5.93. The molecule has 0 aliphatic rings. The Morgan fingerprint density at radius 2 is 2.26 bits per heavy atom. The van der Waals surface area contributed by atoms with Crippen molar-refractivity contribution in [3.63, 3.8) is 0 Å². The number of halogens is 1. The standard InChI is InChI=1S/C14H15FN2OS/c1-3-11-7-16-13(19-11)8-17-14(18)12-5-4-10(15)6-9(12)2/h4-7H,3,8H2,1-2H3,(H,17,18). The zero-order valence-corrected chi connectivity index (χ0v) is 11.7. The lowest BCUT2D eigenvalue weighted by Gasteiger charge is -2.06. The van der Waals surface area contributed by atoms with Crippen LogP contribution < -0.4 is 5.32 Å². The topological polar surface area (TPSA) is 42.0 Å². The maximum absolute atomic E-state index is 13.0. The molecule has 0 unspecified atom stereocenters. The normalized spacial score (nSPS) is 10.5. The van der Waals surface area contributed by atoms with Crippen molar-refractivity contribution in [2.24, 2.45) is 0 Å². The van der Waals surface area contributed by atoms with Gasteiger partial charge in [-0.3, -0.25) is 4.79 Å². The van der Waals surface area contributed by atoms with Crippen molar-refractivity contribution in [1.82, 2.24) is 10.3 Å². The molecule has 1 heterocycles. The molecule has 1 N–H and O–H groups in total. The Morgan fingerprint density at radius 3 is 2.89 bits per heavy atom. The van der Waals surface area contributed by atoms with E-state index in [1.165, 1.54) is 23.1 Å². The number of amides is 1. The lowest BCUT2D eigenvalue weighted by Crippen LogP contribution is -2.23. The van der Waals surface area contributed by atoms with Crippen molar-refractivity contribution in [3.8, 4) is 0 Å². The highest BCUT2D eigenvalue weighted by atomic mass is 32.1. The Hall–Kier alpha value is -1.75. The Bertz CT molecular complexity index is 595. The Morgan fingerprint density at radius 1 is 1.47 bits per heavy atom. The molecule has 0 saturated heterocycles. The van der Waals surface area contributed by atoms with E-state index >= 15 is 0 Å². The first kappa shape index (κ1) is 13.7. The van der Waals surface area contributed by atoms with Gasteiger partial charge in [0.1, 0.15) is 10.8 Å². The summed E-state index contributed by atoms with van der Waals surface area (Å²) in [6.45, 7) is 4.19. The van der Waals surface area contributed by atoms with E-state index in [0.29, 0.717) is 17.7 Å². The molecule has 0 spiro atoms. The molecule has 0 aliphatic heterocycles. The van der Waals surface area contributed by atoms with Crippen LogP contribution in [0.25, 0.3) is 0 Å². The first-order chi connectivity index (χ1) is 9.10. The fourth-order valence-electron chi connectivity index (χ4n) is 1.73. The van der Waals surface area contributed by atoms with Gasteiger partial charge in [0.05, 0.1) is 6.54 Å². The van der Waals surface area contributed by atoms with Gasteiger partial charge >= 0.3 is 0 Å². The highest BCUT2D eigenvalue weighted by molar-refractivity contribution is 7.11. The molecule has 5 heteroatoms. The lowest BCUT2D eigenvalue weighted by atomic mass is 10.1. The van der Waals surface area contributed by atoms with Crippen molar-refractivity contribution < 1.29 is 9.18 Å². The monoisotopic (exact) mass is 278 g/mol. The van der Waals surface area contributed by atoms with E-state index in [0.717, 1.165) is 11.4 Å². The van der Waals surface area contributed by atoms with Crippen LogP contribution in [0.5, 0.6) is 0 Å². The molecule has 2 aromatic rings. The average Bonchev–Trinajstić information content (AvgIpc) is 2.84. The number of aryl methyl sites for hydroxylation is 2. The van der Waals surface area contributed by atoms with Crippen LogP contribution in [-0.2, 0) is 13.0 Å². The van der Waals surface area contributed by atoms with E-state index < -0.39 is 0 Å². The Kier molecular flexibility index (Phi) is 4.27. The van der Waals surface area contributed by atoms with Crippen LogP contribution in [0, 0.1) is 12.7 Å². The smallest absolute Gasteiger partial charge is 0.251 e. The van der Waals surface area contributed by atoms with Crippen molar-refractivity contribution in [2.75, 3.05) is 0 Å². The summed E-state index contributed by atoms with van der Waals surface area (Å²) in [5.41, 5.74) is 1.12. The highest BCUT2D eigenvalue weighted by Crippen LogP contribution is 2.14. The van der Waals surface area contributed by atoms with Gasteiger partial charge in [-0.2, -0.15) is 0 Å². The van der Waals surface area contributed by atoms with Crippen molar-refractivity contribution in [3.05, 3.63) is 51.2 Å². The summed E-state index contributed by atoms with van der Waals surface area (Å²) in [6, 6.07) is 4.15. The molecule has 3 nitrogen and oxygen atoms in total. The van der Waals surface area contributed by atoms with Gasteiger partial charge in [0.25, 0.3) is 5.91 Å². The van der Waals surface area contributed by atoms with Crippen molar-refractivity contribution in [1.29, 1.82) is 0 Å². The summed E-state index contributed by atoms with van der Waals surface area (Å²) in [4.78, 5) is 17.4. The van der Waals surface area contributed by atoms with Gasteiger partial charge in [-0.1, -0.05) is 6.92 Å². The maximum atomic E-state index is 13.0. The van der Waals surface area contributed by atoms with Crippen LogP contribution in [0.15, 0.2) is 24.4 Å². The number of hydrogen-bond donors (Lipinski definition) is 1. The third-order valence-corrected chi connectivity index (χ3v) is 3.92. The number of benzene rings is 1. The molecule has 2 rings (SSSR count). The fourth-order valence-corrected chi connectivity index (χ4v) is 2.53. The molecule has 1 amide bonds. The van der Waals surface area contributed by atoms with E-state index in [2.05, 4.69) is 17.2 Å². The van der Waals surface area contributed by atoms with Crippen molar-refractivity contribution >= 4 is 17.2 Å². The van der Waals surface area contributed by atoms with Gasteiger partial charge in [-0.15, -0.1) is 11.3 Å². The molecular formula is C14H15FN2OS. The molecule has 0 saturated carbocycles. The average molecular weight is 278 g/mol. The number of carbonyl (C=O) groups excluding carboxylic acids is 1. The number of thiazole rings is 1. The van der Waals surface area contributed by atoms with Crippen LogP contribution in [-0.4, -0.2) is 10.9 Å². The molecule has 0 fully saturated rings. The van der Waals surface area contributed by atoms with Gasteiger partial charge in [-0.05, 0) is 37.1 Å². The summed E-state index contributed by atoms with van der Waals surface area (Å²) in [7, 11) is 0. The van der Waals surface area contributed by atoms with E-state index in [1.807, 2.05) is 6.20 Å². The predicted molar refractivity (Wildman–Crippen MR) is 73.8 cm³/mol. The van der Waals surface area contributed by atoms with Crippen LogP contribution >= 0.6 is 11.3 Å². The molecule has 0 atom stereocenters. The molecule has 100 valence electrons. The van der Waals surface area contributed by atoms with Gasteiger partial charge in [0.15, 0.2) is 0 Å². The van der Waals surface area contributed by atoms with Gasteiger partial charge < -0.3 is 5.32 Å². The number of hydrogen-bond acceptors (Lipinski definition) is 3. The third-order valence-electron chi connectivity index (χ3n) is 2.78. The summed E-state index contributed by atoms with van der Waals surface area (Å²) in [6.07, 6.45) is 2.78. The lowest BCUT2D eigenvalue weighted by molar-refractivity contribution is 0.0950. The Labute approximate surface area is 115 Å².